The largest absolute Gasteiger partial charge is 0.507 e. The summed E-state index contributed by atoms with van der Waals surface area (Å²) in [5.74, 6) is 0.207. The van der Waals surface area contributed by atoms with Crippen LogP contribution >= 0.6 is 0 Å². The van der Waals surface area contributed by atoms with E-state index in [1.807, 2.05) is 6.92 Å². The van der Waals surface area contributed by atoms with Gasteiger partial charge in [-0.25, -0.2) is 0 Å². The molecule has 4 N–H and O–H groups in total. The van der Waals surface area contributed by atoms with Crippen LogP contribution in [0.1, 0.15) is 17.3 Å². The lowest BCUT2D eigenvalue weighted by atomic mass is 10.2. The number of nitrogen functional groups attached to an aromatic ring is 1. The van der Waals surface area contributed by atoms with E-state index < -0.39 is 5.91 Å². The number of carbonyl (C=O) groups excluding carboxylic acids is 1. The van der Waals surface area contributed by atoms with E-state index in [0.717, 1.165) is 0 Å². The van der Waals surface area contributed by atoms with Gasteiger partial charge in [-0.3, -0.25) is 10.1 Å². The molecule has 18 heavy (non-hydrogen) atoms. The van der Waals surface area contributed by atoms with Crippen molar-refractivity contribution in [1.29, 1.82) is 0 Å². The summed E-state index contributed by atoms with van der Waals surface area (Å²) in [5.41, 5.74) is 5.76. The fraction of sp³-hybridized carbons (Fsp3) is 0.167. The lowest BCUT2D eigenvalue weighted by molar-refractivity contribution is 0.102. The SMILES string of the molecule is CCn1cc(N)nc1NC(=O)c1ccccc1O. The van der Waals surface area contributed by atoms with Crippen LogP contribution in [0.15, 0.2) is 30.5 Å². The van der Waals surface area contributed by atoms with Gasteiger partial charge in [-0.2, -0.15) is 4.98 Å². The first-order chi connectivity index (χ1) is 8.61. The number of rotatable bonds is 3. The number of nitrogens with zero attached hydrogens (tertiary/aromatic N) is 2. The average Bonchev–Trinajstić information content (AvgIpc) is 2.70. The highest BCUT2D eigenvalue weighted by Crippen LogP contribution is 2.18. The first kappa shape index (κ1) is 12.0. The number of aromatic hydroxyl groups is 1. The van der Waals surface area contributed by atoms with Gasteiger partial charge in [0.05, 0.1) is 5.56 Å². The summed E-state index contributed by atoms with van der Waals surface area (Å²) in [6.45, 7) is 2.55. The van der Waals surface area contributed by atoms with Crippen LogP contribution in [0.2, 0.25) is 0 Å². The highest BCUT2D eigenvalue weighted by atomic mass is 16.3. The third-order valence-electron chi connectivity index (χ3n) is 2.51. The molecule has 0 atom stereocenters. The summed E-state index contributed by atoms with van der Waals surface area (Å²) in [6.07, 6.45) is 1.64. The molecule has 0 aliphatic heterocycles. The minimum atomic E-state index is -0.423. The summed E-state index contributed by atoms with van der Waals surface area (Å²) in [7, 11) is 0. The lowest BCUT2D eigenvalue weighted by Crippen LogP contribution is -2.15. The minimum absolute atomic E-state index is 0.0717. The number of carbonyl (C=O) groups is 1. The monoisotopic (exact) mass is 246 g/mol. The number of phenols is 1. The Morgan fingerprint density at radius 1 is 1.50 bits per heavy atom. The molecule has 0 spiro atoms. The zero-order valence-corrected chi connectivity index (χ0v) is 9.92. The molecular formula is C12H14N4O2. The Hall–Kier alpha value is -2.50. The van der Waals surface area contributed by atoms with Crippen molar-refractivity contribution in [2.75, 3.05) is 11.1 Å². The molecule has 1 aromatic carbocycles. The summed E-state index contributed by atoms with van der Waals surface area (Å²) < 4.78 is 1.72. The normalized spacial score (nSPS) is 10.3. The van der Waals surface area contributed by atoms with Crippen LogP contribution < -0.4 is 11.1 Å². The van der Waals surface area contributed by atoms with Gasteiger partial charge >= 0.3 is 0 Å². The molecule has 0 aliphatic carbocycles. The molecule has 0 saturated heterocycles. The molecule has 1 heterocycles. The van der Waals surface area contributed by atoms with E-state index in [0.29, 0.717) is 18.3 Å². The minimum Gasteiger partial charge on any atom is -0.507 e. The van der Waals surface area contributed by atoms with Gasteiger partial charge in [0, 0.05) is 12.7 Å². The highest BCUT2D eigenvalue weighted by Gasteiger charge is 2.13. The number of hydrogen-bond donors (Lipinski definition) is 3. The van der Waals surface area contributed by atoms with Gasteiger partial charge in [0.2, 0.25) is 5.95 Å². The first-order valence-electron chi connectivity index (χ1n) is 5.53. The molecule has 0 aliphatic rings. The van der Waals surface area contributed by atoms with Crippen LogP contribution in [0.5, 0.6) is 5.75 Å². The van der Waals surface area contributed by atoms with Crippen molar-refractivity contribution in [3.63, 3.8) is 0 Å². The Morgan fingerprint density at radius 3 is 2.89 bits per heavy atom. The second-order valence-electron chi connectivity index (χ2n) is 3.75. The molecule has 0 bridgehead atoms. The highest BCUT2D eigenvalue weighted by molar-refractivity contribution is 6.05. The quantitative estimate of drug-likeness (QED) is 0.764. The van der Waals surface area contributed by atoms with Crippen molar-refractivity contribution in [3.05, 3.63) is 36.0 Å². The van der Waals surface area contributed by atoms with E-state index in [1.165, 1.54) is 12.1 Å². The molecule has 2 aromatic rings. The van der Waals surface area contributed by atoms with E-state index in [4.69, 9.17) is 5.73 Å². The number of aryl methyl sites for hydroxylation is 1. The van der Waals surface area contributed by atoms with Crippen LogP contribution in [0.4, 0.5) is 11.8 Å². The second-order valence-corrected chi connectivity index (χ2v) is 3.75. The summed E-state index contributed by atoms with van der Waals surface area (Å²) >= 11 is 0. The summed E-state index contributed by atoms with van der Waals surface area (Å²) in [6, 6.07) is 6.31. The molecule has 6 heteroatoms. The number of nitrogens with two attached hydrogens (primary N) is 1. The maximum atomic E-state index is 11.9. The molecule has 0 fully saturated rings. The topological polar surface area (TPSA) is 93.2 Å². The van der Waals surface area contributed by atoms with E-state index in [9.17, 15) is 9.90 Å². The number of hydrogen-bond acceptors (Lipinski definition) is 4. The van der Waals surface area contributed by atoms with E-state index >= 15 is 0 Å². The van der Waals surface area contributed by atoms with Crippen molar-refractivity contribution in [1.82, 2.24) is 9.55 Å². The smallest absolute Gasteiger partial charge is 0.261 e. The predicted molar refractivity (Wildman–Crippen MR) is 68.4 cm³/mol. The van der Waals surface area contributed by atoms with Gasteiger partial charge in [0.15, 0.2) is 0 Å². The Bertz CT molecular complexity index is 577. The standard InChI is InChI=1S/C12H14N4O2/c1-2-16-7-10(13)14-12(16)15-11(18)8-5-3-4-6-9(8)17/h3-7,17H,2,13H2,1H3,(H,14,15,18). The molecule has 0 saturated carbocycles. The van der Waals surface area contributed by atoms with Crippen LogP contribution in [0.25, 0.3) is 0 Å². The van der Waals surface area contributed by atoms with Gasteiger partial charge < -0.3 is 15.4 Å². The van der Waals surface area contributed by atoms with Crippen molar-refractivity contribution < 1.29 is 9.90 Å². The number of benzene rings is 1. The molecule has 1 amide bonds. The van der Waals surface area contributed by atoms with Gasteiger partial charge in [0.1, 0.15) is 11.6 Å². The molecule has 0 radical (unpaired) electrons. The maximum absolute atomic E-state index is 11.9. The molecule has 0 unspecified atom stereocenters. The van der Waals surface area contributed by atoms with Crippen molar-refractivity contribution in [3.8, 4) is 5.75 Å². The van der Waals surface area contributed by atoms with Crippen molar-refractivity contribution >= 4 is 17.7 Å². The van der Waals surface area contributed by atoms with Gasteiger partial charge in [-0.05, 0) is 19.1 Å². The van der Waals surface area contributed by atoms with Crippen LogP contribution in [-0.2, 0) is 6.54 Å². The second kappa shape index (κ2) is 4.79. The Balaban J connectivity index is 2.24. The average molecular weight is 246 g/mol. The lowest BCUT2D eigenvalue weighted by Gasteiger charge is -2.07. The number of anilines is 2. The van der Waals surface area contributed by atoms with E-state index in [1.54, 1.807) is 22.9 Å². The van der Waals surface area contributed by atoms with Crippen LogP contribution in [0, 0.1) is 0 Å². The zero-order valence-electron chi connectivity index (χ0n) is 9.92. The molecule has 2 rings (SSSR count). The van der Waals surface area contributed by atoms with Crippen LogP contribution in [0.3, 0.4) is 0 Å². The predicted octanol–water partition coefficient (Wildman–Crippen LogP) is 1.44. The summed E-state index contributed by atoms with van der Waals surface area (Å²) in [4.78, 5) is 16.0. The Kier molecular flexibility index (Phi) is 3.18. The van der Waals surface area contributed by atoms with Crippen molar-refractivity contribution in [2.45, 2.75) is 13.5 Å². The zero-order chi connectivity index (χ0) is 13.1. The van der Waals surface area contributed by atoms with E-state index in [2.05, 4.69) is 10.3 Å². The number of phenolic OH excluding ortho intramolecular Hbond substituents is 1. The molecule has 6 nitrogen and oxygen atoms in total. The number of amides is 1. The fourth-order valence-corrected chi connectivity index (χ4v) is 1.61. The third kappa shape index (κ3) is 2.27. The van der Waals surface area contributed by atoms with Crippen LogP contribution in [-0.4, -0.2) is 20.6 Å². The van der Waals surface area contributed by atoms with Gasteiger partial charge in [-0.15, -0.1) is 0 Å². The van der Waals surface area contributed by atoms with Gasteiger partial charge in [0.25, 0.3) is 5.91 Å². The number of nitrogens with one attached hydrogen (secondary N) is 1. The Morgan fingerprint density at radius 2 is 2.22 bits per heavy atom. The third-order valence-corrected chi connectivity index (χ3v) is 2.51. The molecule has 1 aromatic heterocycles. The fourth-order valence-electron chi connectivity index (χ4n) is 1.61. The number of para-hydroxylation sites is 1. The summed E-state index contributed by atoms with van der Waals surface area (Å²) in [5, 5.41) is 12.2. The number of aromatic nitrogens is 2. The van der Waals surface area contributed by atoms with Gasteiger partial charge in [-0.1, -0.05) is 12.1 Å². The van der Waals surface area contributed by atoms with E-state index in [-0.39, 0.29) is 11.3 Å². The molecule has 94 valence electrons. The van der Waals surface area contributed by atoms with Crippen molar-refractivity contribution in [2.24, 2.45) is 0 Å². The first-order valence-corrected chi connectivity index (χ1v) is 5.53. The molecular weight excluding hydrogens is 232 g/mol. The Labute approximate surface area is 104 Å². The maximum Gasteiger partial charge on any atom is 0.261 e. The number of imidazole rings is 1.